The first-order valence-corrected chi connectivity index (χ1v) is 11.1. The lowest BCUT2D eigenvalue weighted by Crippen LogP contribution is -2.48. The van der Waals surface area contributed by atoms with Crippen molar-refractivity contribution in [1.82, 2.24) is 10.6 Å². The molecule has 3 rings (SSSR count). The monoisotopic (exact) mass is 507 g/mol. The first-order chi connectivity index (χ1) is 12.5. The van der Waals surface area contributed by atoms with Crippen LogP contribution in [0.4, 0.5) is 0 Å². The number of nitrogens with zero attached hydrogens (tertiary/aromatic N) is 1. The lowest BCUT2D eigenvalue weighted by atomic mass is 9.78. The van der Waals surface area contributed by atoms with Gasteiger partial charge in [-0.2, -0.15) is 0 Å². The number of halogens is 1. The third-order valence-electron chi connectivity index (χ3n) is 5.63. The largest absolute Gasteiger partial charge is 0.497 e. The van der Waals surface area contributed by atoms with Crippen LogP contribution in [0.3, 0.4) is 0 Å². The molecule has 1 unspecified atom stereocenters. The summed E-state index contributed by atoms with van der Waals surface area (Å²) in [6.45, 7) is 0.777. The van der Waals surface area contributed by atoms with Crippen LogP contribution in [0, 0.1) is 0 Å². The van der Waals surface area contributed by atoms with Crippen LogP contribution in [0.15, 0.2) is 29.3 Å². The molecule has 0 amide bonds. The Morgan fingerprint density at radius 3 is 2.67 bits per heavy atom. The number of rotatable bonds is 5. The highest BCUT2D eigenvalue weighted by Gasteiger charge is 2.36. The summed E-state index contributed by atoms with van der Waals surface area (Å²) >= 11 is 0. The highest BCUT2D eigenvalue weighted by molar-refractivity contribution is 14.0. The minimum Gasteiger partial charge on any atom is -0.497 e. The Balaban J connectivity index is 0.00000261. The summed E-state index contributed by atoms with van der Waals surface area (Å²) in [6, 6.07) is 8.27. The average molecular weight is 507 g/mol. The summed E-state index contributed by atoms with van der Waals surface area (Å²) in [5.74, 6) is 2.01. The first-order valence-electron chi connectivity index (χ1n) is 9.28. The summed E-state index contributed by atoms with van der Waals surface area (Å²) in [6.07, 6.45) is 5.32. The maximum absolute atomic E-state index is 11.7. The molecule has 1 aliphatic heterocycles. The molecule has 152 valence electrons. The molecular formula is C19H30IN3O3S. The zero-order chi connectivity index (χ0) is 18.6. The Morgan fingerprint density at radius 2 is 2.07 bits per heavy atom. The predicted molar refractivity (Wildman–Crippen MR) is 120 cm³/mol. The number of ether oxygens (including phenoxy) is 1. The maximum Gasteiger partial charge on any atom is 0.191 e. The summed E-state index contributed by atoms with van der Waals surface area (Å²) in [5.41, 5.74) is 1.36. The molecule has 1 saturated carbocycles. The second kappa shape index (κ2) is 9.45. The number of aliphatic imine (C=N–C) groups is 1. The minimum absolute atomic E-state index is 0. The van der Waals surface area contributed by atoms with Crippen molar-refractivity contribution in [2.24, 2.45) is 4.99 Å². The van der Waals surface area contributed by atoms with Gasteiger partial charge in [-0.1, -0.05) is 25.0 Å². The van der Waals surface area contributed by atoms with E-state index in [-0.39, 0.29) is 46.9 Å². The van der Waals surface area contributed by atoms with E-state index in [0.29, 0.717) is 12.4 Å². The maximum atomic E-state index is 11.7. The van der Waals surface area contributed by atoms with E-state index >= 15 is 0 Å². The fourth-order valence-electron chi connectivity index (χ4n) is 4.12. The molecule has 6 nitrogen and oxygen atoms in total. The number of methoxy groups -OCH3 is 1. The quantitative estimate of drug-likeness (QED) is 0.364. The molecule has 2 aliphatic rings. The van der Waals surface area contributed by atoms with Crippen molar-refractivity contribution >= 4 is 39.8 Å². The molecule has 0 aromatic heterocycles. The lowest BCUT2D eigenvalue weighted by Gasteiger charge is -2.31. The van der Waals surface area contributed by atoms with Crippen molar-refractivity contribution in [3.63, 3.8) is 0 Å². The Kier molecular flexibility index (Phi) is 7.79. The van der Waals surface area contributed by atoms with Crippen LogP contribution in [0.2, 0.25) is 0 Å². The van der Waals surface area contributed by atoms with Gasteiger partial charge >= 0.3 is 0 Å². The van der Waals surface area contributed by atoms with E-state index in [0.717, 1.165) is 25.1 Å². The van der Waals surface area contributed by atoms with Crippen LogP contribution in [-0.4, -0.2) is 52.6 Å². The number of benzene rings is 1. The lowest BCUT2D eigenvalue weighted by molar-refractivity contribution is 0.403. The van der Waals surface area contributed by atoms with Gasteiger partial charge in [0.1, 0.15) is 5.75 Å². The van der Waals surface area contributed by atoms with Gasteiger partial charge in [0.25, 0.3) is 0 Å². The van der Waals surface area contributed by atoms with E-state index in [1.165, 1.54) is 18.4 Å². The van der Waals surface area contributed by atoms with Gasteiger partial charge in [-0.05, 0) is 37.0 Å². The molecule has 2 N–H and O–H groups in total. The van der Waals surface area contributed by atoms with E-state index in [2.05, 4.69) is 27.8 Å². The van der Waals surface area contributed by atoms with Crippen molar-refractivity contribution in [3.8, 4) is 5.75 Å². The SMILES string of the molecule is CN=C(NCC1(c2cccc(OC)c2)CCCC1)NC1CCS(=O)(=O)C1.I. The second-order valence-electron chi connectivity index (χ2n) is 7.39. The van der Waals surface area contributed by atoms with Crippen molar-refractivity contribution in [2.45, 2.75) is 43.6 Å². The van der Waals surface area contributed by atoms with Gasteiger partial charge < -0.3 is 15.4 Å². The predicted octanol–water partition coefficient (Wildman–Crippen LogP) is 2.48. The minimum atomic E-state index is -2.90. The Bertz CT molecular complexity index is 761. The standard InChI is InChI=1S/C19H29N3O3S.HI/c1-20-18(22-16-8-11-26(23,24)13-16)21-14-19(9-3-4-10-19)15-6-5-7-17(12-15)25-2;/h5-7,12,16H,3-4,8-11,13-14H2,1-2H3,(H2,20,21,22);1H. The highest BCUT2D eigenvalue weighted by Crippen LogP contribution is 2.41. The molecule has 1 aromatic carbocycles. The Morgan fingerprint density at radius 1 is 1.33 bits per heavy atom. The van der Waals surface area contributed by atoms with Crippen LogP contribution in [0.5, 0.6) is 5.75 Å². The molecule has 27 heavy (non-hydrogen) atoms. The normalized spacial score (nSPS) is 23.5. The molecular weight excluding hydrogens is 477 g/mol. The van der Waals surface area contributed by atoms with Gasteiger partial charge in [0.05, 0.1) is 18.6 Å². The third-order valence-corrected chi connectivity index (χ3v) is 7.40. The highest BCUT2D eigenvalue weighted by atomic mass is 127. The van der Waals surface area contributed by atoms with Crippen LogP contribution in [-0.2, 0) is 15.3 Å². The number of hydrogen-bond acceptors (Lipinski definition) is 4. The van der Waals surface area contributed by atoms with Crippen molar-refractivity contribution in [2.75, 3.05) is 32.2 Å². The number of sulfone groups is 1. The molecule has 8 heteroatoms. The number of guanidine groups is 1. The zero-order valence-corrected chi connectivity index (χ0v) is 19.2. The molecule has 1 atom stereocenters. The van der Waals surface area contributed by atoms with E-state index < -0.39 is 9.84 Å². The molecule has 0 spiro atoms. The smallest absolute Gasteiger partial charge is 0.191 e. The fourth-order valence-corrected chi connectivity index (χ4v) is 5.80. The summed E-state index contributed by atoms with van der Waals surface area (Å²) in [7, 11) is 0.521. The van der Waals surface area contributed by atoms with Gasteiger partial charge in [-0.3, -0.25) is 4.99 Å². The molecule has 1 aromatic rings. The summed E-state index contributed by atoms with van der Waals surface area (Å²) < 4.78 is 28.7. The van der Waals surface area contributed by atoms with Gasteiger partial charge in [-0.15, -0.1) is 24.0 Å². The topological polar surface area (TPSA) is 79.8 Å². The number of nitrogens with one attached hydrogen (secondary N) is 2. The van der Waals surface area contributed by atoms with E-state index in [9.17, 15) is 8.42 Å². The average Bonchev–Trinajstić information content (AvgIpc) is 3.25. The molecule has 0 bridgehead atoms. The van der Waals surface area contributed by atoms with Crippen molar-refractivity contribution < 1.29 is 13.2 Å². The van der Waals surface area contributed by atoms with E-state index in [4.69, 9.17) is 4.74 Å². The second-order valence-corrected chi connectivity index (χ2v) is 9.62. The van der Waals surface area contributed by atoms with Gasteiger partial charge in [0.15, 0.2) is 15.8 Å². The van der Waals surface area contributed by atoms with Gasteiger partial charge in [-0.25, -0.2) is 8.42 Å². The molecule has 2 fully saturated rings. The van der Waals surface area contributed by atoms with E-state index in [1.807, 2.05) is 12.1 Å². The van der Waals surface area contributed by atoms with Crippen LogP contribution in [0.25, 0.3) is 0 Å². The Labute approximate surface area is 179 Å². The van der Waals surface area contributed by atoms with E-state index in [1.54, 1.807) is 14.2 Å². The van der Waals surface area contributed by atoms with Crippen molar-refractivity contribution in [3.05, 3.63) is 29.8 Å². The molecule has 1 heterocycles. The van der Waals surface area contributed by atoms with Gasteiger partial charge in [0.2, 0.25) is 0 Å². The summed E-state index contributed by atoms with van der Waals surface area (Å²) in [4.78, 5) is 4.29. The molecule has 0 radical (unpaired) electrons. The summed E-state index contributed by atoms with van der Waals surface area (Å²) in [5, 5.41) is 6.72. The van der Waals surface area contributed by atoms with Gasteiger partial charge in [0, 0.05) is 25.0 Å². The third kappa shape index (κ3) is 5.49. The first kappa shape index (κ1) is 22.3. The number of hydrogen-bond donors (Lipinski definition) is 2. The Hall–Kier alpha value is -1.03. The van der Waals surface area contributed by atoms with Crippen LogP contribution < -0.4 is 15.4 Å². The van der Waals surface area contributed by atoms with Crippen molar-refractivity contribution in [1.29, 1.82) is 0 Å². The fraction of sp³-hybridized carbons (Fsp3) is 0.632. The van der Waals surface area contributed by atoms with Crippen LogP contribution >= 0.6 is 24.0 Å². The van der Waals surface area contributed by atoms with Crippen LogP contribution in [0.1, 0.15) is 37.7 Å². The molecule has 1 saturated heterocycles. The molecule has 1 aliphatic carbocycles. The zero-order valence-electron chi connectivity index (χ0n) is 16.0.